The molecule has 0 bridgehead atoms. The molecule has 0 saturated heterocycles. The molecule has 0 atom stereocenters. The first kappa shape index (κ1) is 10.8. The second kappa shape index (κ2) is 4.31. The van der Waals surface area contributed by atoms with Crippen LogP contribution in [-0.2, 0) is 11.2 Å². The van der Waals surface area contributed by atoms with Crippen LogP contribution in [0.2, 0.25) is 0 Å². The molecule has 3 heteroatoms. The standard InChI is InChI=1S/C11H12F2O/c1-7-3-4-10(11(12)13)9(5-7)6-8(2)14/h3-5,11H,6H2,1-2H3. The summed E-state index contributed by atoms with van der Waals surface area (Å²) in [5.41, 5.74) is 1.30. The van der Waals surface area contributed by atoms with Gasteiger partial charge in [0.2, 0.25) is 0 Å². The number of halogens is 2. The van der Waals surface area contributed by atoms with Crippen LogP contribution < -0.4 is 0 Å². The van der Waals surface area contributed by atoms with E-state index in [0.29, 0.717) is 5.56 Å². The van der Waals surface area contributed by atoms with Gasteiger partial charge in [0.05, 0.1) is 0 Å². The zero-order chi connectivity index (χ0) is 10.7. The summed E-state index contributed by atoms with van der Waals surface area (Å²) in [7, 11) is 0. The van der Waals surface area contributed by atoms with Crippen molar-refractivity contribution in [1.82, 2.24) is 0 Å². The molecule has 1 rings (SSSR count). The number of carbonyl (C=O) groups is 1. The van der Waals surface area contributed by atoms with Crippen molar-refractivity contribution in [3.63, 3.8) is 0 Å². The fraction of sp³-hybridized carbons (Fsp3) is 0.364. The highest BCUT2D eigenvalue weighted by atomic mass is 19.3. The van der Waals surface area contributed by atoms with Crippen molar-refractivity contribution >= 4 is 5.78 Å². The summed E-state index contributed by atoms with van der Waals surface area (Å²) >= 11 is 0. The molecule has 0 unspecified atom stereocenters. The smallest absolute Gasteiger partial charge is 0.264 e. The average Bonchev–Trinajstić information content (AvgIpc) is 2.01. The van der Waals surface area contributed by atoms with Gasteiger partial charge in [-0.25, -0.2) is 8.78 Å². The molecule has 0 aliphatic heterocycles. The Bertz CT molecular complexity index is 345. The summed E-state index contributed by atoms with van der Waals surface area (Å²) in [6.45, 7) is 3.22. The van der Waals surface area contributed by atoms with Gasteiger partial charge in [0.15, 0.2) is 0 Å². The van der Waals surface area contributed by atoms with Crippen LogP contribution in [-0.4, -0.2) is 5.78 Å². The maximum Gasteiger partial charge on any atom is 0.264 e. The number of aryl methyl sites for hydroxylation is 1. The second-order valence-electron chi connectivity index (χ2n) is 3.38. The van der Waals surface area contributed by atoms with Gasteiger partial charge in [0.25, 0.3) is 6.43 Å². The van der Waals surface area contributed by atoms with Crippen LogP contribution in [0.15, 0.2) is 18.2 Å². The van der Waals surface area contributed by atoms with E-state index in [1.54, 1.807) is 12.1 Å². The summed E-state index contributed by atoms with van der Waals surface area (Å²) in [6.07, 6.45) is -2.42. The van der Waals surface area contributed by atoms with Crippen molar-refractivity contribution in [2.45, 2.75) is 26.7 Å². The lowest BCUT2D eigenvalue weighted by atomic mass is 10.0. The Hall–Kier alpha value is -1.25. The molecule has 0 aromatic heterocycles. The Morgan fingerprint density at radius 3 is 2.57 bits per heavy atom. The normalized spacial score (nSPS) is 10.6. The summed E-state index contributed by atoms with van der Waals surface area (Å²) in [6, 6.07) is 4.66. The van der Waals surface area contributed by atoms with Gasteiger partial charge in [-0.1, -0.05) is 23.8 Å². The third-order valence-electron chi connectivity index (χ3n) is 1.97. The lowest BCUT2D eigenvalue weighted by Gasteiger charge is -2.08. The summed E-state index contributed by atoms with van der Waals surface area (Å²) in [5.74, 6) is -0.0995. The number of carbonyl (C=O) groups excluding carboxylic acids is 1. The number of ketones is 1. The minimum Gasteiger partial charge on any atom is -0.300 e. The van der Waals surface area contributed by atoms with Crippen LogP contribution in [0, 0.1) is 6.92 Å². The van der Waals surface area contributed by atoms with Gasteiger partial charge in [-0.3, -0.25) is 4.79 Å². The van der Waals surface area contributed by atoms with Crippen molar-refractivity contribution in [3.8, 4) is 0 Å². The van der Waals surface area contributed by atoms with Crippen molar-refractivity contribution in [3.05, 3.63) is 34.9 Å². The molecule has 1 aromatic rings. The average molecular weight is 198 g/mol. The molecule has 76 valence electrons. The molecule has 0 N–H and O–H groups in total. The van der Waals surface area contributed by atoms with E-state index in [9.17, 15) is 13.6 Å². The summed E-state index contributed by atoms with van der Waals surface area (Å²) in [5, 5.41) is 0. The van der Waals surface area contributed by atoms with Crippen molar-refractivity contribution in [2.24, 2.45) is 0 Å². The molecule has 1 aromatic carbocycles. The predicted octanol–water partition coefficient (Wildman–Crippen LogP) is 3.06. The fourth-order valence-corrected chi connectivity index (χ4v) is 1.37. The zero-order valence-electron chi connectivity index (χ0n) is 8.18. The number of hydrogen-bond donors (Lipinski definition) is 0. The summed E-state index contributed by atoms with van der Waals surface area (Å²) < 4.78 is 25.0. The highest BCUT2D eigenvalue weighted by Crippen LogP contribution is 2.24. The lowest BCUT2D eigenvalue weighted by molar-refractivity contribution is -0.116. The van der Waals surface area contributed by atoms with Gasteiger partial charge in [0.1, 0.15) is 5.78 Å². The Morgan fingerprint density at radius 2 is 2.07 bits per heavy atom. The van der Waals surface area contributed by atoms with E-state index in [4.69, 9.17) is 0 Å². The molecule has 0 amide bonds. The molecule has 0 spiro atoms. The van der Waals surface area contributed by atoms with E-state index in [2.05, 4.69) is 0 Å². The predicted molar refractivity (Wildman–Crippen MR) is 50.5 cm³/mol. The molecule has 0 saturated carbocycles. The first-order chi connectivity index (χ1) is 6.50. The number of alkyl halides is 2. The molecule has 0 radical (unpaired) electrons. The number of hydrogen-bond acceptors (Lipinski definition) is 1. The van der Waals surface area contributed by atoms with Gasteiger partial charge in [-0.15, -0.1) is 0 Å². The molecule has 0 fully saturated rings. The minimum absolute atomic E-state index is 0.0363. The number of rotatable bonds is 3. The molecule has 1 nitrogen and oxygen atoms in total. The Morgan fingerprint density at radius 1 is 1.43 bits per heavy atom. The SMILES string of the molecule is CC(=O)Cc1cc(C)ccc1C(F)F. The quantitative estimate of drug-likeness (QED) is 0.729. The minimum atomic E-state index is -2.51. The maximum atomic E-state index is 12.5. The van der Waals surface area contributed by atoms with E-state index in [1.165, 1.54) is 13.0 Å². The molecule has 14 heavy (non-hydrogen) atoms. The second-order valence-corrected chi connectivity index (χ2v) is 3.38. The van der Waals surface area contributed by atoms with Crippen LogP contribution in [0.4, 0.5) is 8.78 Å². The fourth-order valence-electron chi connectivity index (χ4n) is 1.37. The Kier molecular flexibility index (Phi) is 3.33. The third kappa shape index (κ3) is 2.62. The molecule has 0 heterocycles. The summed E-state index contributed by atoms with van der Waals surface area (Å²) in [4.78, 5) is 10.9. The molecule has 0 aliphatic rings. The Balaban J connectivity index is 3.09. The van der Waals surface area contributed by atoms with E-state index in [-0.39, 0.29) is 17.8 Å². The maximum absolute atomic E-state index is 12.5. The van der Waals surface area contributed by atoms with Gasteiger partial charge in [-0.05, 0) is 19.4 Å². The van der Waals surface area contributed by atoms with Gasteiger partial charge >= 0.3 is 0 Å². The topological polar surface area (TPSA) is 17.1 Å². The van der Waals surface area contributed by atoms with Crippen LogP contribution in [0.3, 0.4) is 0 Å². The number of benzene rings is 1. The number of Topliss-reactive ketones (excluding diaryl/α,β-unsaturated/α-hetero) is 1. The molecular formula is C11H12F2O. The van der Waals surface area contributed by atoms with Crippen LogP contribution in [0.25, 0.3) is 0 Å². The van der Waals surface area contributed by atoms with Crippen molar-refractivity contribution < 1.29 is 13.6 Å². The largest absolute Gasteiger partial charge is 0.300 e. The van der Waals surface area contributed by atoms with Gasteiger partial charge in [-0.2, -0.15) is 0 Å². The van der Waals surface area contributed by atoms with E-state index in [0.717, 1.165) is 5.56 Å². The van der Waals surface area contributed by atoms with Crippen LogP contribution >= 0.6 is 0 Å². The van der Waals surface area contributed by atoms with Gasteiger partial charge < -0.3 is 0 Å². The zero-order valence-corrected chi connectivity index (χ0v) is 8.18. The van der Waals surface area contributed by atoms with Crippen molar-refractivity contribution in [2.75, 3.05) is 0 Å². The van der Waals surface area contributed by atoms with E-state index in [1.807, 2.05) is 6.92 Å². The van der Waals surface area contributed by atoms with Crippen molar-refractivity contribution in [1.29, 1.82) is 0 Å². The highest BCUT2D eigenvalue weighted by molar-refractivity contribution is 5.78. The molecular weight excluding hydrogens is 186 g/mol. The van der Waals surface area contributed by atoms with Crippen LogP contribution in [0.5, 0.6) is 0 Å². The molecule has 0 aliphatic carbocycles. The van der Waals surface area contributed by atoms with Gasteiger partial charge in [0, 0.05) is 12.0 Å². The third-order valence-corrected chi connectivity index (χ3v) is 1.97. The van der Waals surface area contributed by atoms with E-state index < -0.39 is 6.43 Å². The Labute approximate surface area is 81.7 Å². The highest BCUT2D eigenvalue weighted by Gasteiger charge is 2.13. The first-order valence-electron chi connectivity index (χ1n) is 4.37. The van der Waals surface area contributed by atoms with E-state index >= 15 is 0 Å². The van der Waals surface area contributed by atoms with Crippen LogP contribution in [0.1, 0.15) is 30.0 Å². The lowest BCUT2D eigenvalue weighted by Crippen LogP contribution is -2.01. The first-order valence-corrected chi connectivity index (χ1v) is 4.37. The monoisotopic (exact) mass is 198 g/mol.